The molecule has 0 aliphatic heterocycles. The van der Waals surface area contributed by atoms with Gasteiger partial charge in [-0.3, -0.25) is 9.78 Å². The molecule has 1 aromatic heterocycles. The minimum atomic E-state index is -0.00241. The van der Waals surface area contributed by atoms with Crippen molar-refractivity contribution in [3.05, 3.63) is 29.6 Å². The van der Waals surface area contributed by atoms with Crippen molar-refractivity contribution < 1.29 is 4.79 Å². The van der Waals surface area contributed by atoms with Gasteiger partial charge >= 0.3 is 0 Å². The number of nitrogens with two attached hydrogens (primary N) is 1. The molecule has 0 saturated carbocycles. The van der Waals surface area contributed by atoms with Crippen molar-refractivity contribution in [3.8, 4) is 0 Å². The molecule has 1 atom stereocenters. The Morgan fingerprint density at radius 2 is 2.38 bits per heavy atom. The summed E-state index contributed by atoms with van der Waals surface area (Å²) >= 11 is 0. The first-order chi connectivity index (χ1) is 6.27. The molecule has 0 radical (unpaired) electrons. The summed E-state index contributed by atoms with van der Waals surface area (Å²) in [7, 11) is 0. The number of rotatable bonds is 4. The summed E-state index contributed by atoms with van der Waals surface area (Å²) in [5.74, 6) is 0. The molecule has 0 aliphatic carbocycles. The second kappa shape index (κ2) is 4.72. The van der Waals surface area contributed by atoms with Crippen LogP contribution in [0.2, 0.25) is 0 Å². The molecule has 13 heavy (non-hydrogen) atoms. The SMILES string of the molecule is CCC[C@H](N)c1cncc(C=O)c1. The summed E-state index contributed by atoms with van der Waals surface area (Å²) in [5.41, 5.74) is 7.40. The van der Waals surface area contributed by atoms with Gasteiger partial charge in [0, 0.05) is 24.0 Å². The number of pyridine rings is 1. The van der Waals surface area contributed by atoms with E-state index in [0.717, 1.165) is 24.7 Å². The lowest BCUT2D eigenvalue weighted by atomic mass is 10.0. The quantitative estimate of drug-likeness (QED) is 0.714. The van der Waals surface area contributed by atoms with E-state index < -0.39 is 0 Å². The average molecular weight is 178 g/mol. The highest BCUT2D eigenvalue weighted by Crippen LogP contribution is 2.14. The highest BCUT2D eigenvalue weighted by molar-refractivity contribution is 5.74. The summed E-state index contributed by atoms with van der Waals surface area (Å²) in [6.07, 6.45) is 5.99. The maximum Gasteiger partial charge on any atom is 0.151 e. The molecular formula is C10H14N2O. The van der Waals surface area contributed by atoms with E-state index in [1.165, 1.54) is 6.20 Å². The fourth-order valence-electron chi connectivity index (χ4n) is 1.22. The van der Waals surface area contributed by atoms with E-state index in [1.54, 1.807) is 12.3 Å². The maximum atomic E-state index is 10.5. The lowest BCUT2D eigenvalue weighted by molar-refractivity contribution is 0.112. The van der Waals surface area contributed by atoms with Gasteiger partial charge in [-0.15, -0.1) is 0 Å². The molecule has 0 fully saturated rings. The van der Waals surface area contributed by atoms with Gasteiger partial charge in [-0.1, -0.05) is 13.3 Å². The molecule has 0 bridgehead atoms. The van der Waals surface area contributed by atoms with Crippen LogP contribution in [-0.4, -0.2) is 11.3 Å². The molecule has 0 unspecified atom stereocenters. The molecule has 1 heterocycles. The summed E-state index contributed by atoms with van der Waals surface area (Å²) < 4.78 is 0. The normalized spacial score (nSPS) is 12.5. The fourth-order valence-corrected chi connectivity index (χ4v) is 1.22. The van der Waals surface area contributed by atoms with Gasteiger partial charge in [0.05, 0.1) is 0 Å². The van der Waals surface area contributed by atoms with Crippen molar-refractivity contribution in [2.45, 2.75) is 25.8 Å². The van der Waals surface area contributed by atoms with Crippen molar-refractivity contribution in [2.24, 2.45) is 5.73 Å². The Balaban J connectivity index is 2.81. The van der Waals surface area contributed by atoms with Crippen LogP contribution < -0.4 is 5.73 Å². The maximum absolute atomic E-state index is 10.5. The number of aldehydes is 1. The van der Waals surface area contributed by atoms with Crippen LogP contribution in [0.5, 0.6) is 0 Å². The van der Waals surface area contributed by atoms with Crippen molar-refractivity contribution >= 4 is 6.29 Å². The van der Waals surface area contributed by atoms with Crippen LogP contribution in [0.15, 0.2) is 18.5 Å². The van der Waals surface area contributed by atoms with Gasteiger partial charge in [0.2, 0.25) is 0 Å². The minimum absolute atomic E-state index is 0.00241. The molecule has 3 heteroatoms. The Labute approximate surface area is 78.0 Å². The number of nitrogens with zero attached hydrogens (tertiary/aromatic N) is 1. The summed E-state index contributed by atoms with van der Waals surface area (Å²) in [6, 6.07) is 1.79. The van der Waals surface area contributed by atoms with Crippen molar-refractivity contribution in [3.63, 3.8) is 0 Å². The molecule has 0 saturated heterocycles. The van der Waals surface area contributed by atoms with Crippen molar-refractivity contribution in [2.75, 3.05) is 0 Å². The number of carbonyl (C=O) groups excluding carboxylic acids is 1. The topological polar surface area (TPSA) is 56.0 Å². The largest absolute Gasteiger partial charge is 0.324 e. The van der Waals surface area contributed by atoms with Gasteiger partial charge in [0.15, 0.2) is 6.29 Å². The van der Waals surface area contributed by atoms with Crippen molar-refractivity contribution in [1.29, 1.82) is 0 Å². The Kier molecular flexibility index (Phi) is 3.58. The number of carbonyl (C=O) groups is 1. The van der Waals surface area contributed by atoms with E-state index in [4.69, 9.17) is 5.73 Å². The van der Waals surface area contributed by atoms with Crippen LogP contribution in [0.1, 0.15) is 41.7 Å². The molecule has 1 aromatic rings. The lowest BCUT2D eigenvalue weighted by Crippen LogP contribution is -2.10. The second-order valence-corrected chi connectivity index (χ2v) is 3.06. The Hall–Kier alpha value is -1.22. The van der Waals surface area contributed by atoms with E-state index in [-0.39, 0.29) is 6.04 Å². The Bertz CT molecular complexity index is 286. The average Bonchev–Trinajstić information content (AvgIpc) is 2.18. The van der Waals surface area contributed by atoms with Crippen LogP contribution in [0, 0.1) is 0 Å². The predicted molar refractivity (Wildman–Crippen MR) is 51.5 cm³/mol. The van der Waals surface area contributed by atoms with E-state index in [1.807, 2.05) is 0 Å². The molecule has 70 valence electrons. The van der Waals surface area contributed by atoms with Gasteiger partial charge in [-0.05, 0) is 18.1 Å². The van der Waals surface area contributed by atoms with Crippen LogP contribution in [-0.2, 0) is 0 Å². The molecule has 1 rings (SSSR count). The van der Waals surface area contributed by atoms with E-state index in [0.29, 0.717) is 5.56 Å². The van der Waals surface area contributed by atoms with E-state index in [2.05, 4.69) is 11.9 Å². The molecule has 0 aliphatic rings. The smallest absolute Gasteiger partial charge is 0.151 e. The number of hydrogen-bond acceptors (Lipinski definition) is 3. The molecule has 2 N–H and O–H groups in total. The third kappa shape index (κ3) is 2.63. The first-order valence-corrected chi connectivity index (χ1v) is 4.43. The Morgan fingerprint density at radius 3 is 3.00 bits per heavy atom. The zero-order chi connectivity index (χ0) is 9.68. The van der Waals surface area contributed by atoms with Crippen LogP contribution in [0.3, 0.4) is 0 Å². The van der Waals surface area contributed by atoms with Gasteiger partial charge in [0.25, 0.3) is 0 Å². The Morgan fingerprint density at radius 1 is 1.62 bits per heavy atom. The fraction of sp³-hybridized carbons (Fsp3) is 0.400. The first-order valence-electron chi connectivity index (χ1n) is 4.43. The van der Waals surface area contributed by atoms with Gasteiger partial charge in [-0.2, -0.15) is 0 Å². The molecule has 3 nitrogen and oxygen atoms in total. The summed E-state index contributed by atoms with van der Waals surface area (Å²) in [6.45, 7) is 2.08. The zero-order valence-electron chi connectivity index (χ0n) is 7.73. The van der Waals surface area contributed by atoms with E-state index in [9.17, 15) is 4.79 Å². The van der Waals surface area contributed by atoms with Crippen LogP contribution in [0.25, 0.3) is 0 Å². The first kappa shape index (κ1) is 9.86. The minimum Gasteiger partial charge on any atom is -0.324 e. The highest BCUT2D eigenvalue weighted by Gasteiger charge is 2.05. The van der Waals surface area contributed by atoms with Gasteiger partial charge < -0.3 is 5.73 Å². The summed E-state index contributed by atoms with van der Waals surface area (Å²) in [5, 5.41) is 0. The van der Waals surface area contributed by atoms with Crippen molar-refractivity contribution in [1.82, 2.24) is 4.98 Å². The molecule has 0 aromatic carbocycles. The monoisotopic (exact) mass is 178 g/mol. The third-order valence-electron chi connectivity index (χ3n) is 1.94. The lowest BCUT2D eigenvalue weighted by Gasteiger charge is -2.09. The molecule has 0 amide bonds. The third-order valence-corrected chi connectivity index (χ3v) is 1.94. The predicted octanol–water partition coefficient (Wildman–Crippen LogP) is 1.69. The highest BCUT2D eigenvalue weighted by atomic mass is 16.1. The van der Waals surface area contributed by atoms with Crippen LogP contribution in [0.4, 0.5) is 0 Å². The number of aromatic nitrogens is 1. The van der Waals surface area contributed by atoms with Gasteiger partial charge in [-0.25, -0.2) is 0 Å². The zero-order valence-corrected chi connectivity index (χ0v) is 7.73. The summed E-state index contributed by atoms with van der Waals surface area (Å²) in [4.78, 5) is 14.4. The molecular weight excluding hydrogens is 164 g/mol. The second-order valence-electron chi connectivity index (χ2n) is 3.06. The van der Waals surface area contributed by atoms with Gasteiger partial charge in [0.1, 0.15) is 0 Å². The van der Waals surface area contributed by atoms with E-state index >= 15 is 0 Å². The number of hydrogen-bond donors (Lipinski definition) is 1. The molecule has 0 spiro atoms. The standard InChI is InChI=1S/C10H14N2O/c1-2-3-10(11)9-4-8(7-13)5-12-6-9/h4-7,10H,2-3,11H2,1H3/t10-/m0/s1. The van der Waals surface area contributed by atoms with Crippen LogP contribution >= 0.6 is 0 Å².